The van der Waals surface area contributed by atoms with Gasteiger partial charge in [0.05, 0.1) is 23.2 Å². The molecule has 136 valence electrons. The Morgan fingerprint density at radius 2 is 1.84 bits per heavy atom. The van der Waals surface area contributed by atoms with Crippen molar-refractivity contribution in [2.45, 2.75) is 32.0 Å². The number of anilines is 1. The van der Waals surface area contributed by atoms with E-state index < -0.39 is 30.6 Å². The van der Waals surface area contributed by atoms with Crippen LogP contribution in [0.2, 0.25) is 0 Å². The smallest absolute Gasteiger partial charge is 0.390 e. The molecule has 1 amide bonds. The van der Waals surface area contributed by atoms with Crippen LogP contribution in [-0.4, -0.2) is 37.4 Å². The number of nitrogens with two attached hydrogens (primary N) is 1. The van der Waals surface area contributed by atoms with Gasteiger partial charge in [-0.1, -0.05) is 5.92 Å². The van der Waals surface area contributed by atoms with Crippen molar-refractivity contribution in [3.63, 3.8) is 0 Å². The maximum Gasteiger partial charge on any atom is 0.390 e. The molecule has 1 aliphatic heterocycles. The molecule has 5 nitrogen and oxygen atoms in total. The Morgan fingerprint density at radius 1 is 1.28 bits per heavy atom. The molecular weight excluding hydrogens is 337 g/mol. The third-order valence-corrected chi connectivity index (χ3v) is 3.86. The monoisotopic (exact) mass is 356 g/mol. The van der Waals surface area contributed by atoms with Gasteiger partial charge in [0, 0.05) is 12.6 Å². The maximum atomic E-state index is 12.7. The van der Waals surface area contributed by atoms with Crippen LogP contribution < -0.4 is 20.1 Å². The number of amides is 1. The van der Waals surface area contributed by atoms with Crippen LogP contribution in [0, 0.1) is 12.3 Å². The number of hydrogen-bond donors (Lipinski definition) is 1. The molecule has 0 unspecified atom stereocenters. The van der Waals surface area contributed by atoms with E-state index in [-0.39, 0.29) is 11.3 Å². The zero-order valence-corrected chi connectivity index (χ0v) is 13.9. The molecule has 0 bridgehead atoms. The molecular formula is C17H19F3N2O3. The number of primary amides is 1. The SMILES string of the molecule is C#CC(C)(C)N(CCC(F)(F)F)c1cc2c(cc1C(N)=O)OCCO2. The third-order valence-electron chi connectivity index (χ3n) is 3.86. The molecule has 0 radical (unpaired) electrons. The Bertz CT molecular complexity index is 708. The second kappa shape index (κ2) is 6.75. The highest BCUT2D eigenvalue weighted by molar-refractivity contribution is 6.00. The Labute approximate surface area is 143 Å². The van der Waals surface area contributed by atoms with Gasteiger partial charge >= 0.3 is 6.18 Å². The van der Waals surface area contributed by atoms with Crippen molar-refractivity contribution >= 4 is 11.6 Å². The number of terminal acetylenes is 1. The van der Waals surface area contributed by atoms with Gasteiger partial charge in [-0.05, 0) is 19.9 Å². The van der Waals surface area contributed by atoms with Gasteiger partial charge in [0.15, 0.2) is 11.5 Å². The maximum absolute atomic E-state index is 12.7. The van der Waals surface area contributed by atoms with Gasteiger partial charge in [0.2, 0.25) is 0 Å². The van der Waals surface area contributed by atoms with Crippen molar-refractivity contribution < 1.29 is 27.4 Å². The van der Waals surface area contributed by atoms with E-state index in [0.29, 0.717) is 24.7 Å². The van der Waals surface area contributed by atoms with Crippen molar-refractivity contribution in [3.05, 3.63) is 17.7 Å². The predicted octanol–water partition coefficient (Wildman–Crippen LogP) is 2.73. The summed E-state index contributed by atoms with van der Waals surface area (Å²) in [5.74, 6) is 2.31. The first-order chi connectivity index (χ1) is 11.5. The van der Waals surface area contributed by atoms with Crippen LogP contribution in [0.3, 0.4) is 0 Å². The lowest BCUT2D eigenvalue weighted by Gasteiger charge is -2.38. The third kappa shape index (κ3) is 4.29. The molecule has 0 spiro atoms. The first-order valence-electron chi connectivity index (χ1n) is 7.61. The van der Waals surface area contributed by atoms with Crippen molar-refractivity contribution in [1.29, 1.82) is 0 Å². The van der Waals surface area contributed by atoms with E-state index in [4.69, 9.17) is 21.6 Å². The number of halogens is 3. The number of hydrogen-bond acceptors (Lipinski definition) is 4. The molecule has 8 heteroatoms. The van der Waals surface area contributed by atoms with Crippen molar-refractivity contribution in [3.8, 4) is 23.8 Å². The summed E-state index contributed by atoms with van der Waals surface area (Å²) in [4.78, 5) is 13.2. The summed E-state index contributed by atoms with van der Waals surface area (Å²) in [6, 6.07) is 2.82. The highest BCUT2D eigenvalue weighted by atomic mass is 19.4. The van der Waals surface area contributed by atoms with E-state index in [1.807, 2.05) is 0 Å². The second-order valence-electron chi connectivity index (χ2n) is 6.10. The lowest BCUT2D eigenvalue weighted by atomic mass is 9.99. The fourth-order valence-corrected chi connectivity index (χ4v) is 2.52. The summed E-state index contributed by atoms with van der Waals surface area (Å²) < 4.78 is 49.1. The van der Waals surface area contributed by atoms with Gasteiger partial charge in [-0.15, -0.1) is 6.42 Å². The van der Waals surface area contributed by atoms with E-state index in [2.05, 4.69) is 5.92 Å². The van der Waals surface area contributed by atoms with Crippen LogP contribution in [0.1, 0.15) is 30.6 Å². The predicted molar refractivity (Wildman–Crippen MR) is 86.9 cm³/mol. The fraction of sp³-hybridized carbons (Fsp3) is 0.471. The molecule has 2 rings (SSSR count). The number of carbonyl (C=O) groups is 1. The van der Waals surface area contributed by atoms with E-state index in [1.165, 1.54) is 17.0 Å². The zero-order valence-electron chi connectivity index (χ0n) is 13.9. The second-order valence-corrected chi connectivity index (χ2v) is 6.10. The molecule has 2 N–H and O–H groups in total. The molecule has 0 aromatic heterocycles. The average Bonchev–Trinajstić information content (AvgIpc) is 2.52. The quantitative estimate of drug-likeness (QED) is 0.824. The number of benzene rings is 1. The lowest BCUT2D eigenvalue weighted by molar-refractivity contribution is -0.132. The normalized spacial score (nSPS) is 13.9. The highest BCUT2D eigenvalue weighted by Gasteiger charge is 2.34. The Balaban J connectivity index is 2.55. The molecule has 0 saturated heterocycles. The first-order valence-corrected chi connectivity index (χ1v) is 7.61. The minimum absolute atomic E-state index is 0.0229. The summed E-state index contributed by atoms with van der Waals surface area (Å²) in [5, 5.41) is 0. The molecule has 1 heterocycles. The minimum atomic E-state index is -4.37. The minimum Gasteiger partial charge on any atom is -0.486 e. The van der Waals surface area contributed by atoms with Gasteiger partial charge in [-0.25, -0.2) is 0 Å². The van der Waals surface area contributed by atoms with Crippen LogP contribution in [0.15, 0.2) is 12.1 Å². The van der Waals surface area contributed by atoms with E-state index in [0.717, 1.165) is 0 Å². The summed E-state index contributed by atoms with van der Waals surface area (Å²) in [5.41, 5.74) is 4.54. The molecule has 0 fully saturated rings. The highest BCUT2D eigenvalue weighted by Crippen LogP contribution is 2.39. The number of ether oxygens (including phenoxy) is 2. The molecule has 1 aromatic rings. The van der Waals surface area contributed by atoms with Crippen molar-refractivity contribution in [2.24, 2.45) is 5.73 Å². The topological polar surface area (TPSA) is 64.8 Å². The number of nitrogens with zero attached hydrogens (tertiary/aromatic N) is 1. The Morgan fingerprint density at radius 3 is 2.32 bits per heavy atom. The summed E-state index contributed by atoms with van der Waals surface area (Å²) >= 11 is 0. The van der Waals surface area contributed by atoms with Crippen LogP contribution in [-0.2, 0) is 0 Å². The molecule has 25 heavy (non-hydrogen) atoms. The summed E-state index contributed by atoms with van der Waals surface area (Å²) in [6.45, 7) is 3.35. The Hall–Kier alpha value is -2.56. The van der Waals surface area contributed by atoms with Crippen molar-refractivity contribution in [1.82, 2.24) is 0 Å². The average molecular weight is 356 g/mol. The number of fused-ring (bicyclic) bond motifs is 1. The number of carbonyl (C=O) groups excluding carboxylic acids is 1. The number of rotatable bonds is 5. The van der Waals surface area contributed by atoms with Gasteiger partial charge in [0.1, 0.15) is 13.2 Å². The van der Waals surface area contributed by atoms with E-state index >= 15 is 0 Å². The molecule has 0 saturated carbocycles. The largest absolute Gasteiger partial charge is 0.486 e. The number of alkyl halides is 3. The van der Waals surface area contributed by atoms with Gasteiger partial charge in [-0.2, -0.15) is 13.2 Å². The van der Waals surface area contributed by atoms with Crippen LogP contribution in [0.5, 0.6) is 11.5 Å². The fourth-order valence-electron chi connectivity index (χ4n) is 2.52. The summed E-state index contributed by atoms with van der Waals surface area (Å²) in [6.07, 6.45) is 0.0389. The van der Waals surface area contributed by atoms with E-state index in [1.54, 1.807) is 13.8 Å². The van der Waals surface area contributed by atoms with Crippen molar-refractivity contribution in [2.75, 3.05) is 24.7 Å². The first kappa shape index (κ1) is 18.8. The van der Waals surface area contributed by atoms with Crippen LogP contribution in [0.25, 0.3) is 0 Å². The van der Waals surface area contributed by atoms with Gasteiger partial charge in [-0.3, -0.25) is 4.79 Å². The zero-order chi connectivity index (χ0) is 18.8. The van der Waals surface area contributed by atoms with Gasteiger partial charge in [0.25, 0.3) is 5.91 Å². The van der Waals surface area contributed by atoms with Crippen LogP contribution in [0.4, 0.5) is 18.9 Å². The van der Waals surface area contributed by atoms with Gasteiger partial charge < -0.3 is 20.1 Å². The molecule has 1 aromatic carbocycles. The molecule has 0 atom stereocenters. The Kier molecular flexibility index (Phi) is 5.07. The molecule has 0 aliphatic carbocycles. The lowest BCUT2D eigenvalue weighted by Crippen LogP contribution is -2.45. The van der Waals surface area contributed by atoms with E-state index in [9.17, 15) is 18.0 Å². The molecule has 1 aliphatic rings. The standard InChI is InChI=1S/C17H19F3N2O3/c1-4-16(2,3)22(6-5-17(18,19)20)12-10-14-13(24-7-8-25-14)9-11(12)15(21)23/h1,9-10H,5-8H2,2-3H3,(H2,21,23). The van der Waals surface area contributed by atoms with Crippen LogP contribution >= 0.6 is 0 Å². The summed E-state index contributed by atoms with van der Waals surface area (Å²) in [7, 11) is 0.